The lowest BCUT2D eigenvalue weighted by atomic mass is 10.1. The summed E-state index contributed by atoms with van der Waals surface area (Å²) in [6, 6.07) is 9.64. The minimum Gasteiger partial charge on any atom is -0.465 e. The largest absolute Gasteiger partial charge is 0.465 e. The first kappa shape index (κ1) is 15.6. The fourth-order valence-electron chi connectivity index (χ4n) is 2.01. The van der Waals surface area contributed by atoms with Crippen LogP contribution in [0.15, 0.2) is 52.0 Å². The summed E-state index contributed by atoms with van der Waals surface area (Å²) in [5.74, 6) is -0.360. The number of Topliss-reactive ketones (excluding diaryl/α,β-unsaturated/α-hetero) is 1. The van der Waals surface area contributed by atoms with E-state index in [1.807, 2.05) is 0 Å². The summed E-state index contributed by atoms with van der Waals surface area (Å²) < 4.78 is 5.12. The summed E-state index contributed by atoms with van der Waals surface area (Å²) >= 11 is 6.55. The van der Waals surface area contributed by atoms with Crippen molar-refractivity contribution in [1.82, 2.24) is 4.90 Å². The Labute approximate surface area is 140 Å². The van der Waals surface area contributed by atoms with Crippen molar-refractivity contribution in [1.29, 1.82) is 0 Å². The molecule has 2 aromatic rings. The Hall–Kier alpha value is -2.31. The van der Waals surface area contributed by atoms with Crippen LogP contribution in [0.4, 0.5) is 4.79 Å². The Morgan fingerprint density at radius 2 is 1.96 bits per heavy atom. The Bertz CT molecular complexity index is 796. The Morgan fingerprint density at radius 1 is 1.22 bits per heavy atom. The zero-order valence-electron chi connectivity index (χ0n) is 11.7. The van der Waals surface area contributed by atoms with Crippen molar-refractivity contribution in [2.75, 3.05) is 6.54 Å². The first-order valence-corrected chi connectivity index (χ1v) is 7.81. The van der Waals surface area contributed by atoms with Crippen molar-refractivity contribution >= 4 is 46.4 Å². The van der Waals surface area contributed by atoms with Crippen LogP contribution in [0.25, 0.3) is 6.08 Å². The lowest BCUT2D eigenvalue weighted by Crippen LogP contribution is -2.33. The maximum absolute atomic E-state index is 12.3. The van der Waals surface area contributed by atoms with Gasteiger partial charge < -0.3 is 4.42 Å². The third-order valence-corrected chi connectivity index (χ3v) is 4.32. The van der Waals surface area contributed by atoms with Crippen molar-refractivity contribution in [3.05, 3.63) is 63.9 Å². The molecule has 1 aliphatic heterocycles. The molecule has 1 fully saturated rings. The van der Waals surface area contributed by atoms with Crippen molar-refractivity contribution in [3.8, 4) is 0 Å². The minimum absolute atomic E-state index is 0.230. The normalized spacial score (nSPS) is 16.4. The molecule has 0 aliphatic carbocycles. The van der Waals surface area contributed by atoms with E-state index in [1.54, 1.807) is 36.4 Å². The van der Waals surface area contributed by atoms with Crippen molar-refractivity contribution in [2.45, 2.75) is 0 Å². The summed E-state index contributed by atoms with van der Waals surface area (Å²) in [7, 11) is 0. The van der Waals surface area contributed by atoms with E-state index in [2.05, 4.69) is 0 Å². The molecule has 0 unspecified atom stereocenters. The number of ketones is 1. The molecule has 0 N–H and O–H groups in total. The number of nitrogens with zero attached hydrogens (tertiary/aromatic N) is 1. The van der Waals surface area contributed by atoms with Crippen LogP contribution in [-0.4, -0.2) is 28.4 Å². The van der Waals surface area contributed by atoms with Gasteiger partial charge in [-0.2, -0.15) is 0 Å². The Kier molecular flexibility index (Phi) is 4.36. The number of halogens is 1. The van der Waals surface area contributed by atoms with E-state index in [1.165, 1.54) is 12.3 Å². The molecule has 0 spiro atoms. The predicted molar refractivity (Wildman–Crippen MR) is 87.2 cm³/mol. The average molecular weight is 348 g/mol. The molecule has 0 saturated carbocycles. The number of thioether (sulfide) groups is 1. The fourth-order valence-corrected chi connectivity index (χ4v) is 2.95. The molecule has 23 heavy (non-hydrogen) atoms. The van der Waals surface area contributed by atoms with Gasteiger partial charge in [0, 0.05) is 16.7 Å². The van der Waals surface area contributed by atoms with Crippen molar-refractivity contribution in [3.63, 3.8) is 0 Å². The number of imide groups is 1. The van der Waals surface area contributed by atoms with E-state index >= 15 is 0 Å². The molecule has 1 aromatic heterocycles. The standard InChI is InChI=1S/C16H10ClNO4S/c17-11-5-3-10(4-6-11)13(19)9-18-15(20)14(23-16(18)21)8-12-2-1-7-22-12/h1-8H,9H2/b14-8-. The highest BCUT2D eigenvalue weighted by Crippen LogP contribution is 2.32. The quantitative estimate of drug-likeness (QED) is 0.620. The molecular weight excluding hydrogens is 338 g/mol. The van der Waals surface area contributed by atoms with E-state index in [0.29, 0.717) is 16.3 Å². The van der Waals surface area contributed by atoms with Gasteiger partial charge in [0.1, 0.15) is 5.76 Å². The predicted octanol–water partition coefficient (Wildman–Crippen LogP) is 3.85. The molecule has 0 radical (unpaired) electrons. The third-order valence-electron chi connectivity index (χ3n) is 3.16. The molecule has 1 aliphatic rings. The Balaban J connectivity index is 1.75. The molecule has 2 amide bonds. The van der Waals surface area contributed by atoms with Crippen LogP contribution in [0, 0.1) is 0 Å². The number of benzene rings is 1. The smallest absolute Gasteiger partial charge is 0.293 e. The molecule has 5 nitrogen and oxygen atoms in total. The van der Waals surface area contributed by atoms with Gasteiger partial charge in [-0.3, -0.25) is 19.3 Å². The topological polar surface area (TPSA) is 67.6 Å². The molecule has 1 aromatic carbocycles. The SMILES string of the molecule is O=C(CN1C(=O)S/C(=C\c2ccco2)C1=O)c1ccc(Cl)cc1. The van der Waals surface area contributed by atoms with Crippen LogP contribution >= 0.6 is 23.4 Å². The van der Waals surface area contributed by atoms with Gasteiger partial charge >= 0.3 is 0 Å². The second-order valence-corrected chi connectivity index (χ2v) is 6.14. The van der Waals surface area contributed by atoms with Crippen LogP contribution in [-0.2, 0) is 4.79 Å². The van der Waals surface area contributed by atoms with Gasteiger partial charge in [-0.1, -0.05) is 11.6 Å². The van der Waals surface area contributed by atoms with Gasteiger partial charge in [-0.05, 0) is 48.2 Å². The molecule has 116 valence electrons. The second kappa shape index (κ2) is 6.44. The summed E-state index contributed by atoms with van der Waals surface area (Å²) in [5.41, 5.74) is 0.392. The van der Waals surface area contributed by atoms with Crippen LogP contribution in [0.1, 0.15) is 16.1 Å². The highest BCUT2D eigenvalue weighted by Gasteiger charge is 2.36. The van der Waals surface area contributed by atoms with Crippen molar-refractivity contribution < 1.29 is 18.8 Å². The lowest BCUT2D eigenvalue weighted by Gasteiger charge is -2.11. The zero-order valence-corrected chi connectivity index (χ0v) is 13.3. The Morgan fingerprint density at radius 3 is 2.61 bits per heavy atom. The number of amides is 2. The monoisotopic (exact) mass is 347 g/mol. The molecular formula is C16H10ClNO4S. The number of hydrogen-bond donors (Lipinski definition) is 0. The zero-order chi connectivity index (χ0) is 16.4. The number of rotatable bonds is 4. The van der Waals surface area contributed by atoms with Gasteiger partial charge in [0.2, 0.25) is 0 Å². The number of hydrogen-bond acceptors (Lipinski definition) is 5. The average Bonchev–Trinajstić information content (AvgIpc) is 3.12. The lowest BCUT2D eigenvalue weighted by molar-refractivity contribution is -0.122. The minimum atomic E-state index is -0.501. The van der Waals surface area contributed by atoms with Gasteiger partial charge in [-0.15, -0.1) is 0 Å². The van der Waals surface area contributed by atoms with E-state index in [9.17, 15) is 14.4 Å². The van der Waals surface area contributed by atoms with Gasteiger partial charge in [0.25, 0.3) is 11.1 Å². The fraction of sp³-hybridized carbons (Fsp3) is 0.0625. The number of carbonyl (C=O) groups is 3. The molecule has 3 rings (SSSR count). The number of carbonyl (C=O) groups excluding carboxylic acids is 3. The summed E-state index contributed by atoms with van der Waals surface area (Å²) in [4.78, 5) is 37.6. The van der Waals surface area contributed by atoms with Crippen LogP contribution in [0.3, 0.4) is 0 Å². The van der Waals surface area contributed by atoms with Gasteiger partial charge in [-0.25, -0.2) is 0 Å². The molecule has 0 atom stereocenters. The molecule has 0 bridgehead atoms. The van der Waals surface area contributed by atoms with Crippen LogP contribution < -0.4 is 0 Å². The first-order valence-electron chi connectivity index (χ1n) is 6.62. The van der Waals surface area contributed by atoms with E-state index in [4.69, 9.17) is 16.0 Å². The molecule has 1 saturated heterocycles. The van der Waals surface area contributed by atoms with Crippen molar-refractivity contribution in [2.24, 2.45) is 0 Å². The highest BCUT2D eigenvalue weighted by molar-refractivity contribution is 8.18. The summed E-state index contributed by atoms with van der Waals surface area (Å²) in [6.45, 7) is -0.304. The van der Waals surface area contributed by atoms with Gasteiger partial charge in [0.15, 0.2) is 5.78 Å². The molecule has 7 heteroatoms. The number of furan rings is 1. The van der Waals surface area contributed by atoms with Gasteiger partial charge in [0.05, 0.1) is 17.7 Å². The summed E-state index contributed by atoms with van der Waals surface area (Å²) in [5, 5.41) is 0.0317. The van der Waals surface area contributed by atoms with E-state index < -0.39 is 11.1 Å². The maximum atomic E-state index is 12.3. The van der Waals surface area contributed by atoms with E-state index in [0.717, 1.165) is 16.7 Å². The summed E-state index contributed by atoms with van der Waals surface area (Å²) in [6.07, 6.45) is 2.96. The maximum Gasteiger partial charge on any atom is 0.293 e. The third kappa shape index (κ3) is 3.38. The molecule has 2 heterocycles. The second-order valence-electron chi connectivity index (χ2n) is 4.71. The highest BCUT2D eigenvalue weighted by atomic mass is 35.5. The van der Waals surface area contributed by atoms with Crippen LogP contribution in [0.5, 0.6) is 0 Å². The van der Waals surface area contributed by atoms with Crippen LogP contribution in [0.2, 0.25) is 5.02 Å². The first-order chi connectivity index (χ1) is 11.0. The van der Waals surface area contributed by atoms with E-state index in [-0.39, 0.29) is 17.2 Å².